The number of halogens is 1. The molecule has 3 aromatic rings. The third kappa shape index (κ3) is 3.97. The second-order valence-corrected chi connectivity index (χ2v) is 7.47. The van der Waals surface area contributed by atoms with Gasteiger partial charge in [0.15, 0.2) is 0 Å². The zero-order valence-electron chi connectivity index (χ0n) is 15.3. The Hall–Kier alpha value is -2.43. The SMILES string of the molecule is Cc1cccc2cc(CN3CCNC(=O)CC3)c(-c3cccc(Cl)c3)nc12. The average molecular weight is 380 g/mol. The summed E-state index contributed by atoms with van der Waals surface area (Å²) in [6, 6.07) is 16.3. The van der Waals surface area contributed by atoms with Crippen molar-refractivity contribution >= 4 is 28.4 Å². The van der Waals surface area contributed by atoms with Crippen LogP contribution < -0.4 is 5.32 Å². The van der Waals surface area contributed by atoms with Crippen molar-refractivity contribution in [1.82, 2.24) is 15.2 Å². The molecule has 1 saturated heterocycles. The first-order valence-electron chi connectivity index (χ1n) is 9.24. The fourth-order valence-electron chi connectivity index (χ4n) is 3.61. The number of carbonyl (C=O) groups is 1. The molecule has 1 aliphatic heterocycles. The summed E-state index contributed by atoms with van der Waals surface area (Å²) in [6.45, 7) is 5.13. The van der Waals surface area contributed by atoms with Gasteiger partial charge in [-0.3, -0.25) is 9.69 Å². The van der Waals surface area contributed by atoms with E-state index in [1.165, 1.54) is 0 Å². The maximum absolute atomic E-state index is 11.7. The highest BCUT2D eigenvalue weighted by Gasteiger charge is 2.17. The summed E-state index contributed by atoms with van der Waals surface area (Å²) in [5.41, 5.74) is 5.31. The average Bonchev–Trinajstić information content (AvgIpc) is 2.86. The molecule has 2 heterocycles. The second-order valence-electron chi connectivity index (χ2n) is 7.03. The fourth-order valence-corrected chi connectivity index (χ4v) is 3.80. The van der Waals surface area contributed by atoms with Crippen LogP contribution in [0, 0.1) is 6.92 Å². The molecule has 1 N–H and O–H groups in total. The summed E-state index contributed by atoms with van der Waals surface area (Å²) in [5, 5.41) is 4.78. The van der Waals surface area contributed by atoms with Crippen LogP contribution in [0.5, 0.6) is 0 Å². The molecular weight excluding hydrogens is 358 g/mol. The van der Waals surface area contributed by atoms with Gasteiger partial charge >= 0.3 is 0 Å². The summed E-state index contributed by atoms with van der Waals surface area (Å²) in [4.78, 5) is 19.0. The number of para-hydroxylation sites is 1. The van der Waals surface area contributed by atoms with Crippen molar-refractivity contribution in [3.63, 3.8) is 0 Å². The molecule has 138 valence electrons. The number of pyridine rings is 1. The van der Waals surface area contributed by atoms with E-state index in [0.717, 1.165) is 52.9 Å². The number of fused-ring (bicyclic) bond motifs is 1. The van der Waals surface area contributed by atoms with Crippen molar-refractivity contribution in [3.8, 4) is 11.3 Å². The van der Waals surface area contributed by atoms with Gasteiger partial charge in [-0.1, -0.05) is 41.9 Å². The first kappa shape index (κ1) is 18.0. The first-order valence-corrected chi connectivity index (χ1v) is 9.62. The minimum absolute atomic E-state index is 0.125. The van der Waals surface area contributed by atoms with Crippen LogP contribution in [0.1, 0.15) is 17.5 Å². The summed E-state index contributed by atoms with van der Waals surface area (Å²) in [6.07, 6.45) is 0.534. The van der Waals surface area contributed by atoms with E-state index in [0.29, 0.717) is 18.0 Å². The number of nitrogens with one attached hydrogen (secondary N) is 1. The molecule has 4 rings (SSSR count). The lowest BCUT2D eigenvalue weighted by Gasteiger charge is -2.21. The van der Waals surface area contributed by atoms with E-state index in [9.17, 15) is 4.79 Å². The molecule has 1 fully saturated rings. The summed E-state index contributed by atoms with van der Waals surface area (Å²) in [7, 11) is 0. The highest BCUT2D eigenvalue weighted by Crippen LogP contribution is 2.29. The van der Waals surface area contributed by atoms with Gasteiger partial charge in [0.05, 0.1) is 11.2 Å². The Kier molecular flexibility index (Phi) is 5.10. The Morgan fingerprint density at radius 3 is 2.85 bits per heavy atom. The molecular formula is C22H22ClN3O. The van der Waals surface area contributed by atoms with Gasteiger partial charge in [-0.25, -0.2) is 4.98 Å². The molecule has 1 aromatic heterocycles. The third-order valence-corrected chi connectivity index (χ3v) is 5.26. The number of hydrogen-bond donors (Lipinski definition) is 1. The molecule has 0 aliphatic carbocycles. The number of carbonyl (C=O) groups excluding carboxylic acids is 1. The maximum Gasteiger partial charge on any atom is 0.221 e. The molecule has 0 bridgehead atoms. The van der Waals surface area contributed by atoms with E-state index in [2.05, 4.69) is 47.5 Å². The lowest BCUT2D eigenvalue weighted by molar-refractivity contribution is -0.120. The van der Waals surface area contributed by atoms with Crippen LogP contribution in [0.2, 0.25) is 5.02 Å². The van der Waals surface area contributed by atoms with Crippen molar-refractivity contribution < 1.29 is 4.79 Å². The lowest BCUT2D eigenvalue weighted by atomic mass is 10.0. The van der Waals surface area contributed by atoms with Crippen LogP contribution in [-0.2, 0) is 11.3 Å². The molecule has 0 radical (unpaired) electrons. The van der Waals surface area contributed by atoms with Crippen LogP contribution in [0.3, 0.4) is 0 Å². The third-order valence-electron chi connectivity index (χ3n) is 5.02. The van der Waals surface area contributed by atoms with E-state index in [4.69, 9.17) is 16.6 Å². The van der Waals surface area contributed by atoms with Gasteiger partial charge < -0.3 is 5.32 Å². The smallest absolute Gasteiger partial charge is 0.221 e. The van der Waals surface area contributed by atoms with Crippen LogP contribution >= 0.6 is 11.6 Å². The molecule has 1 amide bonds. The van der Waals surface area contributed by atoms with Gasteiger partial charge in [-0.05, 0) is 36.2 Å². The minimum atomic E-state index is 0.125. The molecule has 2 aromatic carbocycles. The van der Waals surface area contributed by atoms with Crippen molar-refractivity contribution in [2.45, 2.75) is 19.9 Å². The van der Waals surface area contributed by atoms with Crippen LogP contribution in [-0.4, -0.2) is 35.4 Å². The van der Waals surface area contributed by atoms with Crippen molar-refractivity contribution in [3.05, 3.63) is 64.7 Å². The standard InChI is InChI=1S/C22H22ClN3O/c1-15-4-2-5-16-12-18(14-26-10-8-20(27)24-9-11-26)22(25-21(15)16)17-6-3-7-19(23)13-17/h2-7,12-13H,8-11,14H2,1H3,(H,24,27). The number of amides is 1. The van der Waals surface area contributed by atoms with Crippen LogP contribution in [0.4, 0.5) is 0 Å². The molecule has 5 heteroatoms. The fraction of sp³-hybridized carbons (Fsp3) is 0.273. The quantitative estimate of drug-likeness (QED) is 0.742. The van der Waals surface area contributed by atoms with E-state index in [1.54, 1.807) is 0 Å². The zero-order chi connectivity index (χ0) is 18.8. The summed E-state index contributed by atoms with van der Waals surface area (Å²) < 4.78 is 0. The van der Waals surface area contributed by atoms with E-state index in [-0.39, 0.29) is 5.91 Å². The Balaban J connectivity index is 1.79. The van der Waals surface area contributed by atoms with Crippen molar-refractivity contribution in [1.29, 1.82) is 0 Å². The molecule has 0 saturated carbocycles. The molecule has 0 spiro atoms. The van der Waals surface area contributed by atoms with Gasteiger partial charge in [-0.2, -0.15) is 0 Å². The Morgan fingerprint density at radius 2 is 2.00 bits per heavy atom. The molecule has 4 nitrogen and oxygen atoms in total. The van der Waals surface area contributed by atoms with E-state index in [1.807, 2.05) is 18.2 Å². The molecule has 1 aliphatic rings. The predicted octanol–water partition coefficient (Wildman–Crippen LogP) is 4.19. The van der Waals surface area contributed by atoms with Crippen LogP contribution in [0.15, 0.2) is 48.5 Å². The van der Waals surface area contributed by atoms with Gasteiger partial charge in [0, 0.05) is 48.6 Å². The number of aromatic nitrogens is 1. The highest BCUT2D eigenvalue weighted by atomic mass is 35.5. The van der Waals surface area contributed by atoms with Gasteiger partial charge in [-0.15, -0.1) is 0 Å². The topological polar surface area (TPSA) is 45.2 Å². The largest absolute Gasteiger partial charge is 0.355 e. The van der Waals surface area contributed by atoms with Gasteiger partial charge in [0.2, 0.25) is 5.91 Å². The Bertz CT molecular complexity index is 1000. The number of rotatable bonds is 3. The monoisotopic (exact) mass is 379 g/mol. The van der Waals surface area contributed by atoms with E-state index < -0.39 is 0 Å². The van der Waals surface area contributed by atoms with E-state index >= 15 is 0 Å². The predicted molar refractivity (Wildman–Crippen MR) is 110 cm³/mol. The number of aryl methyl sites for hydroxylation is 1. The number of hydrogen-bond acceptors (Lipinski definition) is 3. The second kappa shape index (κ2) is 7.67. The molecule has 0 atom stereocenters. The molecule has 0 unspecified atom stereocenters. The first-order chi connectivity index (χ1) is 13.1. The van der Waals surface area contributed by atoms with Crippen molar-refractivity contribution in [2.24, 2.45) is 0 Å². The highest BCUT2D eigenvalue weighted by molar-refractivity contribution is 6.30. The minimum Gasteiger partial charge on any atom is -0.355 e. The Morgan fingerprint density at radius 1 is 1.15 bits per heavy atom. The summed E-state index contributed by atoms with van der Waals surface area (Å²) >= 11 is 6.24. The lowest BCUT2D eigenvalue weighted by Crippen LogP contribution is -2.28. The maximum atomic E-state index is 11.7. The van der Waals surface area contributed by atoms with Crippen molar-refractivity contribution in [2.75, 3.05) is 19.6 Å². The van der Waals surface area contributed by atoms with Gasteiger partial charge in [0.25, 0.3) is 0 Å². The normalized spacial score (nSPS) is 15.6. The summed E-state index contributed by atoms with van der Waals surface area (Å²) in [5.74, 6) is 0.125. The zero-order valence-corrected chi connectivity index (χ0v) is 16.1. The van der Waals surface area contributed by atoms with Crippen LogP contribution in [0.25, 0.3) is 22.2 Å². The number of benzene rings is 2. The Labute approximate surface area is 164 Å². The number of nitrogens with zero attached hydrogens (tertiary/aromatic N) is 2. The molecule has 27 heavy (non-hydrogen) atoms. The van der Waals surface area contributed by atoms with Gasteiger partial charge in [0.1, 0.15) is 0 Å².